The number of esters is 1. The van der Waals surface area contributed by atoms with Crippen LogP contribution >= 0.6 is 15.9 Å². The predicted molar refractivity (Wildman–Crippen MR) is 58.5 cm³/mol. The molecule has 2 rings (SSSR count). The van der Waals surface area contributed by atoms with Gasteiger partial charge < -0.3 is 4.74 Å². The molecule has 0 N–H and O–H groups in total. The first-order valence-electron chi connectivity index (χ1n) is 4.53. The number of rotatable bonds is 1. The normalized spacial score (nSPS) is 18.8. The number of ketones is 1. The van der Waals surface area contributed by atoms with Gasteiger partial charge in [0.15, 0.2) is 5.78 Å². The first kappa shape index (κ1) is 10.4. The summed E-state index contributed by atoms with van der Waals surface area (Å²) in [5.41, 5.74) is 1.90. The van der Waals surface area contributed by atoms with Crippen LogP contribution in [-0.2, 0) is 11.2 Å². The smallest absolute Gasteiger partial charge is 0.338 e. The number of benzene rings is 1. The molecule has 1 aliphatic rings. The molecule has 0 radical (unpaired) electrons. The van der Waals surface area contributed by atoms with Crippen LogP contribution in [0.3, 0.4) is 0 Å². The summed E-state index contributed by atoms with van der Waals surface area (Å²) in [6, 6.07) is 5.13. The van der Waals surface area contributed by atoms with Crippen LogP contribution in [0.2, 0.25) is 0 Å². The highest BCUT2D eigenvalue weighted by atomic mass is 79.9. The first-order chi connectivity index (χ1) is 7.15. The zero-order valence-corrected chi connectivity index (χ0v) is 9.71. The Morgan fingerprint density at radius 3 is 2.93 bits per heavy atom. The molecule has 0 saturated carbocycles. The molecule has 0 spiro atoms. The van der Waals surface area contributed by atoms with Gasteiger partial charge in [0.1, 0.15) is 0 Å². The highest BCUT2D eigenvalue weighted by molar-refractivity contribution is 9.10. The lowest BCUT2D eigenvalue weighted by Crippen LogP contribution is -2.05. The second-order valence-electron chi connectivity index (χ2n) is 3.36. The van der Waals surface area contributed by atoms with Crippen molar-refractivity contribution >= 4 is 27.7 Å². The Kier molecular flexibility index (Phi) is 2.61. The van der Waals surface area contributed by atoms with E-state index in [9.17, 15) is 9.59 Å². The third-order valence-electron chi connectivity index (χ3n) is 2.51. The Bertz CT molecular complexity index is 439. The summed E-state index contributed by atoms with van der Waals surface area (Å²) in [5, 5.41) is 0. The van der Waals surface area contributed by atoms with Crippen molar-refractivity contribution in [1.29, 1.82) is 0 Å². The fourth-order valence-corrected chi connectivity index (χ4v) is 2.35. The first-order valence-corrected chi connectivity index (χ1v) is 5.45. The van der Waals surface area contributed by atoms with Gasteiger partial charge in [-0.2, -0.15) is 0 Å². The zero-order chi connectivity index (χ0) is 11.0. The van der Waals surface area contributed by atoms with Crippen molar-refractivity contribution < 1.29 is 14.3 Å². The maximum Gasteiger partial charge on any atom is 0.338 e. The van der Waals surface area contributed by atoms with Gasteiger partial charge in [0, 0.05) is 5.56 Å². The van der Waals surface area contributed by atoms with E-state index in [1.165, 1.54) is 7.11 Å². The third kappa shape index (κ3) is 1.59. The van der Waals surface area contributed by atoms with Crippen molar-refractivity contribution in [2.45, 2.75) is 11.2 Å². The Hall–Kier alpha value is -1.16. The van der Waals surface area contributed by atoms with Gasteiger partial charge >= 0.3 is 5.97 Å². The van der Waals surface area contributed by atoms with E-state index >= 15 is 0 Å². The topological polar surface area (TPSA) is 43.4 Å². The van der Waals surface area contributed by atoms with Crippen molar-refractivity contribution in [2.75, 3.05) is 7.11 Å². The van der Waals surface area contributed by atoms with Crippen LogP contribution in [0.5, 0.6) is 0 Å². The molecule has 3 nitrogen and oxygen atoms in total. The third-order valence-corrected chi connectivity index (χ3v) is 3.25. The molecule has 1 aliphatic carbocycles. The van der Waals surface area contributed by atoms with Crippen molar-refractivity contribution in [1.82, 2.24) is 0 Å². The van der Waals surface area contributed by atoms with E-state index < -0.39 is 0 Å². The highest BCUT2D eigenvalue weighted by Crippen LogP contribution is 2.29. The average Bonchev–Trinajstić information content (AvgIpc) is 2.54. The zero-order valence-electron chi connectivity index (χ0n) is 8.12. The molecule has 0 amide bonds. The molecule has 0 bridgehead atoms. The van der Waals surface area contributed by atoms with E-state index in [1.54, 1.807) is 18.2 Å². The summed E-state index contributed by atoms with van der Waals surface area (Å²) in [4.78, 5) is 22.9. The molecule has 0 fully saturated rings. The van der Waals surface area contributed by atoms with E-state index in [1.807, 2.05) is 0 Å². The molecule has 1 atom stereocenters. The van der Waals surface area contributed by atoms with Crippen molar-refractivity contribution in [3.63, 3.8) is 0 Å². The Balaban J connectivity index is 2.54. The molecule has 0 aliphatic heterocycles. The standard InChI is InChI=1S/C11H9BrO3/c1-15-11(14)7-4-2-3-6-8(7)5-9(12)10(6)13/h2-4,9H,5H2,1H3. The number of hydrogen-bond donors (Lipinski definition) is 0. The maximum atomic E-state index is 11.7. The van der Waals surface area contributed by atoms with Crippen LogP contribution in [0, 0.1) is 0 Å². The van der Waals surface area contributed by atoms with Crippen LogP contribution in [0.1, 0.15) is 26.3 Å². The lowest BCUT2D eigenvalue weighted by atomic mass is 10.0. The van der Waals surface area contributed by atoms with Crippen LogP contribution in [0.4, 0.5) is 0 Å². The largest absolute Gasteiger partial charge is 0.465 e. The molecular weight excluding hydrogens is 260 g/mol. The number of ether oxygens (including phenoxy) is 1. The summed E-state index contributed by atoms with van der Waals surface area (Å²) >= 11 is 3.29. The Morgan fingerprint density at radius 1 is 1.53 bits per heavy atom. The van der Waals surface area contributed by atoms with Crippen molar-refractivity contribution in [2.24, 2.45) is 0 Å². The molecule has 0 aromatic heterocycles. The van der Waals surface area contributed by atoms with Gasteiger partial charge in [0.2, 0.25) is 0 Å². The number of methoxy groups -OCH3 is 1. The lowest BCUT2D eigenvalue weighted by molar-refractivity contribution is 0.0599. The predicted octanol–water partition coefficient (Wildman–Crippen LogP) is 1.98. The van der Waals surface area contributed by atoms with Crippen LogP contribution < -0.4 is 0 Å². The molecule has 0 heterocycles. The van der Waals surface area contributed by atoms with Gasteiger partial charge in [-0.3, -0.25) is 4.79 Å². The summed E-state index contributed by atoms with van der Waals surface area (Å²) in [6.45, 7) is 0. The number of carbonyl (C=O) groups excluding carboxylic acids is 2. The van der Waals surface area contributed by atoms with Crippen LogP contribution in [0.25, 0.3) is 0 Å². The quantitative estimate of drug-likeness (QED) is 0.578. The fraction of sp³-hybridized carbons (Fsp3) is 0.273. The van der Waals surface area contributed by atoms with E-state index in [0.717, 1.165) is 5.56 Å². The Morgan fingerprint density at radius 2 is 2.27 bits per heavy atom. The second-order valence-corrected chi connectivity index (χ2v) is 4.46. The number of alkyl halides is 1. The second kappa shape index (κ2) is 3.77. The minimum absolute atomic E-state index is 0.0377. The minimum atomic E-state index is -0.388. The van der Waals surface area contributed by atoms with Gasteiger partial charge in [0.25, 0.3) is 0 Å². The van der Waals surface area contributed by atoms with Crippen molar-refractivity contribution in [3.05, 3.63) is 34.9 Å². The van der Waals surface area contributed by atoms with Gasteiger partial charge in [-0.25, -0.2) is 4.79 Å². The summed E-state index contributed by atoms with van der Waals surface area (Å²) < 4.78 is 4.67. The molecule has 1 aromatic rings. The van der Waals surface area contributed by atoms with E-state index in [2.05, 4.69) is 20.7 Å². The molecule has 1 aromatic carbocycles. The molecule has 0 saturated heterocycles. The van der Waals surface area contributed by atoms with Crippen LogP contribution in [0.15, 0.2) is 18.2 Å². The van der Waals surface area contributed by atoms with Gasteiger partial charge in [-0.05, 0) is 18.1 Å². The van der Waals surface area contributed by atoms with Gasteiger partial charge in [-0.15, -0.1) is 0 Å². The Labute approximate surface area is 95.6 Å². The van der Waals surface area contributed by atoms with Gasteiger partial charge in [-0.1, -0.05) is 28.1 Å². The van der Waals surface area contributed by atoms with Crippen molar-refractivity contribution in [3.8, 4) is 0 Å². The summed E-state index contributed by atoms with van der Waals surface area (Å²) in [6.07, 6.45) is 0.555. The number of hydrogen-bond acceptors (Lipinski definition) is 3. The number of Topliss-reactive ketones (excluding diaryl/α,β-unsaturated/α-hetero) is 1. The fourth-order valence-electron chi connectivity index (χ4n) is 1.78. The number of halogens is 1. The minimum Gasteiger partial charge on any atom is -0.465 e. The van der Waals surface area contributed by atoms with E-state index in [0.29, 0.717) is 17.5 Å². The highest BCUT2D eigenvalue weighted by Gasteiger charge is 2.31. The summed E-state index contributed by atoms with van der Waals surface area (Å²) in [7, 11) is 1.34. The molecule has 78 valence electrons. The monoisotopic (exact) mass is 268 g/mol. The van der Waals surface area contributed by atoms with E-state index in [4.69, 9.17) is 0 Å². The SMILES string of the molecule is COC(=O)c1cccc2c1CC(Br)C2=O. The van der Waals surface area contributed by atoms with Gasteiger partial charge in [0.05, 0.1) is 17.5 Å². The number of carbonyl (C=O) groups is 2. The molecule has 4 heteroatoms. The molecule has 15 heavy (non-hydrogen) atoms. The lowest BCUT2D eigenvalue weighted by Gasteiger charge is -2.04. The maximum absolute atomic E-state index is 11.7. The summed E-state index contributed by atoms with van der Waals surface area (Å²) in [5.74, 6) is -0.350. The van der Waals surface area contributed by atoms with E-state index in [-0.39, 0.29) is 16.6 Å². The number of fused-ring (bicyclic) bond motifs is 1. The van der Waals surface area contributed by atoms with Crippen LogP contribution in [-0.4, -0.2) is 23.7 Å². The molecular formula is C11H9BrO3. The average molecular weight is 269 g/mol. The molecule has 1 unspecified atom stereocenters.